The zero-order valence-corrected chi connectivity index (χ0v) is 17.6. The van der Waals surface area contributed by atoms with Crippen LogP contribution in [0.25, 0.3) is 22.8 Å². The van der Waals surface area contributed by atoms with Gasteiger partial charge in [0.2, 0.25) is 5.89 Å². The van der Waals surface area contributed by atoms with Crippen LogP contribution in [0.5, 0.6) is 0 Å². The number of nitrogens with one attached hydrogen (secondary N) is 1. The number of anilines is 1. The van der Waals surface area contributed by atoms with Gasteiger partial charge in [0.25, 0.3) is 5.91 Å². The lowest BCUT2D eigenvalue weighted by molar-refractivity contribution is 0.0788. The fraction of sp³-hybridized carbons (Fsp3) is 0.167. The largest absolute Gasteiger partial charge is 0.435 e. The number of nitrogens with zero attached hydrogens (tertiary/aromatic N) is 4. The van der Waals surface area contributed by atoms with Crippen molar-refractivity contribution in [3.05, 3.63) is 77.6 Å². The van der Waals surface area contributed by atoms with Crippen LogP contribution >= 0.6 is 0 Å². The molecule has 0 radical (unpaired) electrons. The van der Waals surface area contributed by atoms with Crippen LogP contribution in [0, 0.1) is 11.3 Å². The first-order valence-electron chi connectivity index (χ1n) is 10.2. The van der Waals surface area contributed by atoms with Crippen LogP contribution in [-0.2, 0) is 6.42 Å². The molecule has 1 amide bonds. The summed E-state index contributed by atoms with van der Waals surface area (Å²) in [4.78, 5) is 19.4. The van der Waals surface area contributed by atoms with Gasteiger partial charge < -0.3 is 15.1 Å². The number of carbonyl (C=O) groups excluding carboxylic acids is 1. The summed E-state index contributed by atoms with van der Waals surface area (Å²) in [6.45, 7) is 0.463. The van der Waals surface area contributed by atoms with Crippen molar-refractivity contribution in [3.8, 4) is 28.8 Å². The Kier molecular flexibility index (Phi) is 5.99. The number of hydrogen-bond donors (Lipinski definition) is 2. The van der Waals surface area contributed by atoms with Gasteiger partial charge in [-0.25, -0.2) is 4.98 Å². The Balaban J connectivity index is 1.55. The molecule has 0 saturated carbocycles. The number of nitrogens with two attached hydrogens (primary N) is 1. The number of aromatic nitrogens is 3. The van der Waals surface area contributed by atoms with Crippen molar-refractivity contribution >= 4 is 11.7 Å². The summed E-state index contributed by atoms with van der Waals surface area (Å²) in [7, 11) is 1.72. The zero-order valence-electron chi connectivity index (χ0n) is 17.6. The maximum absolute atomic E-state index is 13.3. The van der Waals surface area contributed by atoms with Crippen LogP contribution in [0.4, 0.5) is 5.82 Å². The molecule has 0 atom stereocenters. The molecule has 2 aromatic carbocycles. The van der Waals surface area contributed by atoms with E-state index in [9.17, 15) is 10.1 Å². The number of benzene rings is 2. The molecular formula is C24H22N6O2. The number of nitrogen functional groups attached to an aromatic ring is 1. The Hall–Kier alpha value is -4.38. The van der Waals surface area contributed by atoms with Gasteiger partial charge in [0.1, 0.15) is 11.6 Å². The second-order valence-electron chi connectivity index (χ2n) is 7.33. The van der Waals surface area contributed by atoms with Crippen LogP contribution in [0.3, 0.4) is 0 Å². The summed E-state index contributed by atoms with van der Waals surface area (Å²) in [5, 5.41) is 15.9. The van der Waals surface area contributed by atoms with Gasteiger partial charge in [-0.2, -0.15) is 10.4 Å². The molecule has 8 nitrogen and oxygen atoms in total. The van der Waals surface area contributed by atoms with Crippen LogP contribution in [0.15, 0.2) is 65.1 Å². The fourth-order valence-corrected chi connectivity index (χ4v) is 3.43. The summed E-state index contributed by atoms with van der Waals surface area (Å²) >= 11 is 0. The summed E-state index contributed by atoms with van der Waals surface area (Å²) in [5.74, 6) is 0.789. The molecule has 2 heterocycles. The van der Waals surface area contributed by atoms with E-state index in [1.54, 1.807) is 11.9 Å². The third-order valence-electron chi connectivity index (χ3n) is 5.13. The topological polar surface area (TPSA) is 125 Å². The Morgan fingerprint density at radius 1 is 1.12 bits per heavy atom. The van der Waals surface area contributed by atoms with E-state index in [1.165, 1.54) is 0 Å². The number of oxazole rings is 1. The van der Waals surface area contributed by atoms with Crippen LogP contribution < -0.4 is 5.73 Å². The van der Waals surface area contributed by atoms with Crippen molar-refractivity contribution in [1.29, 1.82) is 5.26 Å². The van der Waals surface area contributed by atoms with E-state index in [2.05, 4.69) is 21.3 Å². The number of rotatable bonds is 7. The minimum atomic E-state index is -0.237. The first-order chi connectivity index (χ1) is 15.6. The summed E-state index contributed by atoms with van der Waals surface area (Å²) in [6, 6.07) is 21.0. The lowest BCUT2D eigenvalue weighted by atomic mass is 10.1. The monoisotopic (exact) mass is 426 g/mol. The van der Waals surface area contributed by atoms with Crippen molar-refractivity contribution in [2.75, 3.05) is 19.3 Å². The molecule has 0 bridgehead atoms. The molecule has 0 aliphatic carbocycles. The van der Waals surface area contributed by atoms with Crippen molar-refractivity contribution < 1.29 is 9.21 Å². The average Bonchev–Trinajstić information content (AvgIpc) is 3.43. The Bertz CT molecular complexity index is 1250. The average molecular weight is 426 g/mol. The van der Waals surface area contributed by atoms with Crippen LogP contribution in [-0.4, -0.2) is 39.6 Å². The molecule has 0 unspecified atom stereocenters. The summed E-state index contributed by atoms with van der Waals surface area (Å²) < 4.78 is 6.04. The Morgan fingerprint density at radius 2 is 1.78 bits per heavy atom. The molecule has 0 aliphatic rings. The van der Waals surface area contributed by atoms with E-state index in [4.69, 9.17) is 10.2 Å². The van der Waals surface area contributed by atoms with Crippen molar-refractivity contribution in [1.82, 2.24) is 20.1 Å². The maximum Gasteiger partial charge on any atom is 0.276 e. The van der Waals surface area contributed by atoms with Gasteiger partial charge >= 0.3 is 0 Å². The third kappa shape index (κ3) is 4.23. The fourth-order valence-electron chi connectivity index (χ4n) is 3.43. The van der Waals surface area contributed by atoms with Crippen molar-refractivity contribution in [2.45, 2.75) is 12.8 Å². The molecule has 2 aromatic heterocycles. The predicted molar refractivity (Wildman–Crippen MR) is 120 cm³/mol. The number of aryl methyl sites for hydroxylation is 1. The Morgan fingerprint density at radius 3 is 2.44 bits per heavy atom. The molecule has 0 spiro atoms. The second-order valence-corrected chi connectivity index (χ2v) is 7.33. The molecule has 0 fully saturated rings. The summed E-state index contributed by atoms with van der Waals surface area (Å²) in [6.07, 6.45) is 1.17. The van der Waals surface area contributed by atoms with Gasteiger partial charge in [-0.15, -0.1) is 0 Å². The quantitative estimate of drug-likeness (QED) is 0.462. The van der Waals surface area contributed by atoms with Gasteiger partial charge in [0.05, 0.1) is 5.69 Å². The number of amides is 1. The Labute approximate surface area is 185 Å². The first kappa shape index (κ1) is 20.9. The lowest BCUT2D eigenvalue weighted by Gasteiger charge is -2.16. The smallest absolute Gasteiger partial charge is 0.276 e. The highest BCUT2D eigenvalue weighted by Gasteiger charge is 2.24. The number of carbonyl (C=O) groups is 1. The van der Waals surface area contributed by atoms with Crippen LogP contribution in [0.2, 0.25) is 0 Å². The normalized spacial score (nSPS) is 10.6. The van der Waals surface area contributed by atoms with Crippen molar-refractivity contribution in [3.63, 3.8) is 0 Å². The highest BCUT2D eigenvalue weighted by atomic mass is 16.4. The molecule has 0 saturated heterocycles. The second kappa shape index (κ2) is 9.18. The SMILES string of the molecule is CN(CCCc1[nH]nc(N)c1C#N)C(=O)c1nc(-c2ccccc2)oc1-c1ccccc1. The van der Waals surface area contributed by atoms with E-state index in [0.29, 0.717) is 42.3 Å². The zero-order chi connectivity index (χ0) is 22.5. The molecule has 0 aliphatic heterocycles. The van der Waals surface area contributed by atoms with E-state index in [-0.39, 0.29) is 17.4 Å². The van der Waals surface area contributed by atoms with Gasteiger partial charge in [0.15, 0.2) is 17.3 Å². The van der Waals surface area contributed by atoms with E-state index in [1.807, 2.05) is 60.7 Å². The molecule has 160 valence electrons. The summed E-state index contributed by atoms with van der Waals surface area (Å²) in [5.41, 5.74) is 8.55. The number of nitriles is 1. The molecular weight excluding hydrogens is 404 g/mol. The van der Waals surface area contributed by atoms with E-state index < -0.39 is 0 Å². The third-order valence-corrected chi connectivity index (χ3v) is 5.13. The highest BCUT2D eigenvalue weighted by Crippen LogP contribution is 2.30. The van der Waals surface area contributed by atoms with Gasteiger partial charge in [-0.1, -0.05) is 48.5 Å². The molecule has 4 aromatic rings. The van der Waals surface area contributed by atoms with Gasteiger partial charge in [0, 0.05) is 24.7 Å². The number of hydrogen-bond acceptors (Lipinski definition) is 6. The van der Waals surface area contributed by atoms with E-state index in [0.717, 1.165) is 11.1 Å². The molecule has 8 heteroatoms. The number of H-pyrrole nitrogens is 1. The van der Waals surface area contributed by atoms with E-state index >= 15 is 0 Å². The van der Waals surface area contributed by atoms with Gasteiger partial charge in [-0.05, 0) is 25.0 Å². The maximum atomic E-state index is 13.3. The van der Waals surface area contributed by atoms with Crippen LogP contribution in [0.1, 0.15) is 28.2 Å². The predicted octanol–water partition coefficient (Wildman–Crippen LogP) is 3.89. The number of aromatic amines is 1. The molecule has 4 rings (SSSR count). The molecule has 32 heavy (non-hydrogen) atoms. The minimum Gasteiger partial charge on any atom is -0.435 e. The lowest BCUT2D eigenvalue weighted by Crippen LogP contribution is -2.28. The minimum absolute atomic E-state index is 0.190. The molecule has 3 N–H and O–H groups in total. The van der Waals surface area contributed by atoms with Gasteiger partial charge in [-0.3, -0.25) is 9.89 Å². The standard InChI is InChI=1S/C24H22N6O2/c1-30(14-8-13-19-18(15-25)22(26)29-28-19)24(31)20-21(16-9-4-2-5-10-16)32-23(27-20)17-11-6-3-7-12-17/h2-7,9-12H,8,13-14H2,1H3,(H3,26,28,29). The highest BCUT2D eigenvalue weighted by molar-refractivity contribution is 5.98. The van der Waals surface area contributed by atoms with Crippen molar-refractivity contribution in [2.24, 2.45) is 0 Å². The first-order valence-corrected chi connectivity index (χ1v) is 10.2.